The van der Waals surface area contributed by atoms with E-state index in [9.17, 15) is 4.79 Å². The number of aromatic amines is 2. The summed E-state index contributed by atoms with van der Waals surface area (Å²) in [6.07, 6.45) is 0. The standard InChI is InChI=1S/C9H10N4O2/c1-2-15-7-5-3-4-6(10-7)8-11-9(14)13-12-8/h3-5H,2H2,1H3,(H2,11,12,13,14). The van der Waals surface area contributed by atoms with E-state index in [1.165, 1.54) is 0 Å². The first kappa shape index (κ1) is 9.45. The number of rotatable bonds is 3. The third-order valence-electron chi connectivity index (χ3n) is 1.76. The number of nitrogens with zero attached hydrogens (tertiary/aromatic N) is 2. The molecule has 0 aliphatic heterocycles. The lowest BCUT2D eigenvalue weighted by molar-refractivity contribution is 0.327. The van der Waals surface area contributed by atoms with Gasteiger partial charge in [-0.05, 0) is 13.0 Å². The number of H-pyrrole nitrogens is 2. The number of ether oxygens (including phenoxy) is 1. The fourth-order valence-electron chi connectivity index (χ4n) is 1.17. The molecule has 2 N–H and O–H groups in total. The van der Waals surface area contributed by atoms with E-state index >= 15 is 0 Å². The van der Waals surface area contributed by atoms with Gasteiger partial charge in [0.15, 0.2) is 5.82 Å². The normalized spacial score (nSPS) is 10.2. The molecule has 2 aromatic heterocycles. The molecular formula is C9H10N4O2. The third-order valence-corrected chi connectivity index (χ3v) is 1.76. The van der Waals surface area contributed by atoms with Crippen molar-refractivity contribution in [1.29, 1.82) is 0 Å². The van der Waals surface area contributed by atoms with Gasteiger partial charge >= 0.3 is 5.69 Å². The van der Waals surface area contributed by atoms with E-state index in [1.54, 1.807) is 18.2 Å². The largest absolute Gasteiger partial charge is 0.478 e. The van der Waals surface area contributed by atoms with E-state index in [1.807, 2.05) is 6.92 Å². The average molecular weight is 206 g/mol. The molecule has 0 aliphatic carbocycles. The molecule has 0 fully saturated rings. The maximum absolute atomic E-state index is 10.8. The highest BCUT2D eigenvalue weighted by Gasteiger charge is 2.04. The fourth-order valence-corrected chi connectivity index (χ4v) is 1.17. The van der Waals surface area contributed by atoms with Crippen molar-refractivity contribution in [2.24, 2.45) is 0 Å². The molecule has 2 aromatic rings. The van der Waals surface area contributed by atoms with Crippen molar-refractivity contribution in [2.75, 3.05) is 6.61 Å². The van der Waals surface area contributed by atoms with E-state index in [2.05, 4.69) is 20.2 Å². The lowest BCUT2D eigenvalue weighted by Gasteiger charge is -2.02. The van der Waals surface area contributed by atoms with E-state index in [4.69, 9.17) is 4.74 Å². The van der Waals surface area contributed by atoms with Gasteiger partial charge in [-0.15, -0.1) is 0 Å². The van der Waals surface area contributed by atoms with Crippen LogP contribution in [0.3, 0.4) is 0 Å². The number of hydrogen-bond acceptors (Lipinski definition) is 4. The summed E-state index contributed by atoms with van der Waals surface area (Å²) < 4.78 is 5.23. The second-order valence-electron chi connectivity index (χ2n) is 2.82. The zero-order chi connectivity index (χ0) is 10.7. The predicted molar refractivity (Wildman–Crippen MR) is 53.6 cm³/mol. The Morgan fingerprint density at radius 3 is 3.00 bits per heavy atom. The average Bonchev–Trinajstić information content (AvgIpc) is 2.66. The van der Waals surface area contributed by atoms with Crippen molar-refractivity contribution in [3.63, 3.8) is 0 Å². The van der Waals surface area contributed by atoms with Gasteiger partial charge in [-0.2, -0.15) is 5.10 Å². The molecule has 6 heteroatoms. The Hall–Kier alpha value is -2.11. The Kier molecular flexibility index (Phi) is 2.49. The van der Waals surface area contributed by atoms with Crippen molar-refractivity contribution in [1.82, 2.24) is 20.2 Å². The summed E-state index contributed by atoms with van der Waals surface area (Å²) in [4.78, 5) is 17.5. The molecule has 0 saturated carbocycles. The lowest BCUT2D eigenvalue weighted by Crippen LogP contribution is -2.00. The highest BCUT2D eigenvalue weighted by Crippen LogP contribution is 2.14. The maximum Gasteiger partial charge on any atom is 0.340 e. The molecule has 0 spiro atoms. The van der Waals surface area contributed by atoms with Crippen LogP contribution in [0.1, 0.15) is 6.92 Å². The van der Waals surface area contributed by atoms with Crippen LogP contribution < -0.4 is 10.4 Å². The molecule has 0 unspecified atom stereocenters. The van der Waals surface area contributed by atoms with Gasteiger partial charge in [-0.1, -0.05) is 6.07 Å². The Bertz CT molecular complexity index is 503. The Morgan fingerprint density at radius 1 is 1.47 bits per heavy atom. The Balaban J connectivity index is 2.36. The number of nitrogens with one attached hydrogen (secondary N) is 2. The first-order valence-corrected chi connectivity index (χ1v) is 4.54. The number of aromatic nitrogens is 4. The molecule has 0 atom stereocenters. The molecule has 0 bridgehead atoms. The van der Waals surface area contributed by atoms with Crippen molar-refractivity contribution in [3.05, 3.63) is 28.7 Å². The van der Waals surface area contributed by atoms with Crippen LogP contribution in [0.25, 0.3) is 11.5 Å². The molecule has 15 heavy (non-hydrogen) atoms. The minimum absolute atomic E-state index is 0.353. The molecule has 0 radical (unpaired) electrons. The van der Waals surface area contributed by atoms with Crippen molar-refractivity contribution >= 4 is 0 Å². The molecule has 0 saturated heterocycles. The van der Waals surface area contributed by atoms with Crippen molar-refractivity contribution in [3.8, 4) is 17.4 Å². The van der Waals surface area contributed by atoms with Crippen LogP contribution >= 0.6 is 0 Å². The van der Waals surface area contributed by atoms with Crippen LogP contribution in [-0.2, 0) is 0 Å². The van der Waals surface area contributed by atoms with Crippen LogP contribution in [-0.4, -0.2) is 26.8 Å². The molecule has 6 nitrogen and oxygen atoms in total. The summed E-state index contributed by atoms with van der Waals surface area (Å²) in [6, 6.07) is 5.28. The smallest absolute Gasteiger partial charge is 0.340 e. The van der Waals surface area contributed by atoms with Gasteiger partial charge in [-0.25, -0.2) is 14.9 Å². The van der Waals surface area contributed by atoms with Crippen LogP contribution in [0.2, 0.25) is 0 Å². The van der Waals surface area contributed by atoms with Gasteiger partial charge in [0.25, 0.3) is 0 Å². The quantitative estimate of drug-likeness (QED) is 0.768. The molecule has 0 amide bonds. The van der Waals surface area contributed by atoms with Crippen molar-refractivity contribution in [2.45, 2.75) is 6.92 Å². The van der Waals surface area contributed by atoms with Crippen LogP contribution in [0.5, 0.6) is 5.88 Å². The summed E-state index contributed by atoms with van der Waals surface area (Å²) >= 11 is 0. The Morgan fingerprint density at radius 2 is 2.33 bits per heavy atom. The van der Waals surface area contributed by atoms with Crippen LogP contribution in [0.4, 0.5) is 0 Å². The maximum atomic E-state index is 10.8. The highest BCUT2D eigenvalue weighted by molar-refractivity contribution is 5.48. The summed E-state index contributed by atoms with van der Waals surface area (Å²) in [5.41, 5.74) is 0.216. The molecular weight excluding hydrogens is 196 g/mol. The van der Waals surface area contributed by atoms with Crippen LogP contribution in [0.15, 0.2) is 23.0 Å². The molecule has 0 aromatic carbocycles. The van der Waals surface area contributed by atoms with E-state index in [0.29, 0.717) is 24.0 Å². The minimum Gasteiger partial charge on any atom is -0.478 e. The topological polar surface area (TPSA) is 83.7 Å². The summed E-state index contributed by atoms with van der Waals surface area (Å²) in [7, 11) is 0. The second-order valence-corrected chi connectivity index (χ2v) is 2.82. The summed E-state index contributed by atoms with van der Waals surface area (Å²) in [6.45, 7) is 2.43. The fraction of sp³-hybridized carbons (Fsp3) is 0.222. The zero-order valence-corrected chi connectivity index (χ0v) is 8.15. The number of hydrogen-bond donors (Lipinski definition) is 2. The third kappa shape index (κ3) is 2.04. The first-order valence-electron chi connectivity index (χ1n) is 4.54. The van der Waals surface area contributed by atoms with Gasteiger partial charge in [0.2, 0.25) is 5.88 Å². The summed E-state index contributed by atoms with van der Waals surface area (Å²) in [5.74, 6) is 0.917. The SMILES string of the molecule is CCOc1cccc(-c2n[nH]c(=O)[nH]2)n1. The molecule has 2 rings (SSSR count). The molecule has 78 valence electrons. The monoisotopic (exact) mass is 206 g/mol. The van der Waals surface area contributed by atoms with Gasteiger partial charge in [0.1, 0.15) is 5.69 Å². The summed E-state index contributed by atoms with van der Waals surface area (Å²) in [5, 5.41) is 6.05. The van der Waals surface area contributed by atoms with Gasteiger partial charge < -0.3 is 4.74 Å². The van der Waals surface area contributed by atoms with Crippen LogP contribution in [0, 0.1) is 0 Å². The minimum atomic E-state index is -0.353. The van der Waals surface area contributed by atoms with Gasteiger partial charge in [0, 0.05) is 6.07 Å². The molecule has 2 heterocycles. The predicted octanol–water partition coefficient (Wildman–Crippen LogP) is 0.559. The van der Waals surface area contributed by atoms with Crippen molar-refractivity contribution < 1.29 is 4.74 Å². The Labute approximate surface area is 85.3 Å². The lowest BCUT2D eigenvalue weighted by atomic mass is 10.3. The molecule has 0 aliphatic rings. The zero-order valence-electron chi connectivity index (χ0n) is 8.15. The highest BCUT2D eigenvalue weighted by atomic mass is 16.5. The second kappa shape index (κ2) is 3.95. The van der Waals surface area contributed by atoms with E-state index in [0.717, 1.165) is 0 Å². The van der Waals surface area contributed by atoms with Gasteiger partial charge in [-0.3, -0.25) is 4.98 Å². The number of pyridine rings is 1. The first-order chi connectivity index (χ1) is 7.29. The van der Waals surface area contributed by atoms with E-state index in [-0.39, 0.29) is 5.69 Å². The van der Waals surface area contributed by atoms with E-state index < -0.39 is 0 Å². The van der Waals surface area contributed by atoms with Gasteiger partial charge in [0.05, 0.1) is 6.61 Å².